The van der Waals surface area contributed by atoms with Gasteiger partial charge in [0.2, 0.25) is 0 Å². The van der Waals surface area contributed by atoms with Gasteiger partial charge in [-0.1, -0.05) is 42.1 Å². The highest BCUT2D eigenvalue weighted by Crippen LogP contribution is 2.52. The number of thioether (sulfide) groups is 1. The van der Waals surface area contributed by atoms with Gasteiger partial charge in [-0.2, -0.15) is 0 Å². The molecule has 4 heteroatoms. The van der Waals surface area contributed by atoms with Crippen molar-refractivity contribution in [1.82, 2.24) is 0 Å². The highest BCUT2D eigenvalue weighted by atomic mass is 32.2. The molecule has 0 amide bonds. The summed E-state index contributed by atoms with van der Waals surface area (Å²) in [6.07, 6.45) is 0. The second-order valence-corrected chi connectivity index (χ2v) is 5.13. The number of benzene rings is 2. The first-order valence-corrected chi connectivity index (χ1v) is 6.56. The highest BCUT2D eigenvalue weighted by molar-refractivity contribution is 8.00. The molecule has 0 saturated carbocycles. The average molecular weight is 259 g/mol. The van der Waals surface area contributed by atoms with E-state index in [1.165, 1.54) is 0 Å². The van der Waals surface area contributed by atoms with E-state index < -0.39 is 0 Å². The third-order valence-corrected chi connectivity index (χ3v) is 4.22. The fraction of sp³-hybridized carbons (Fsp3) is 0.143. The topological polar surface area (TPSA) is 32.7 Å². The van der Waals surface area contributed by atoms with Gasteiger partial charge in [0.1, 0.15) is 11.1 Å². The number of rotatable bonds is 2. The molecule has 92 valence electrons. The van der Waals surface area contributed by atoms with Gasteiger partial charge in [-0.05, 0) is 18.2 Å². The highest BCUT2D eigenvalue weighted by Gasteiger charge is 2.33. The van der Waals surface area contributed by atoms with Crippen molar-refractivity contribution in [2.75, 3.05) is 12.2 Å². The van der Waals surface area contributed by atoms with Crippen molar-refractivity contribution in [3.63, 3.8) is 0 Å². The van der Waals surface area contributed by atoms with Crippen LogP contribution in [0.15, 0.2) is 53.4 Å². The molecule has 0 radical (unpaired) electrons. The van der Waals surface area contributed by atoms with E-state index in [2.05, 4.69) is 6.07 Å². The van der Waals surface area contributed by atoms with Crippen LogP contribution >= 0.6 is 11.8 Å². The number of aromatic hydroxyl groups is 1. The maximum Gasteiger partial charge on any atom is 0.135 e. The van der Waals surface area contributed by atoms with Crippen LogP contribution in [0.2, 0.25) is 0 Å². The quantitative estimate of drug-likeness (QED) is 0.893. The van der Waals surface area contributed by atoms with Gasteiger partial charge in [0.05, 0.1) is 12.8 Å². The number of para-hydroxylation sites is 2. The van der Waals surface area contributed by atoms with E-state index in [0.29, 0.717) is 5.75 Å². The van der Waals surface area contributed by atoms with Crippen LogP contribution in [0.3, 0.4) is 0 Å². The molecule has 0 spiro atoms. The number of anilines is 1. The Bertz CT molecular complexity index is 573. The summed E-state index contributed by atoms with van der Waals surface area (Å²) in [5.41, 5.74) is 1.90. The first-order chi connectivity index (χ1) is 8.81. The van der Waals surface area contributed by atoms with Crippen molar-refractivity contribution in [2.24, 2.45) is 0 Å². The minimum atomic E-state index is -0.0476. The molecule has 1 heterocycles. The molecule has 1 aliphatic rings. The summed E-state index contributed by atoms with van der Waals surface area (Å²) in [5.74, 6) is 0.296. The van der Waals surface area contributed by atoms with Gasteiger partial charge >= 0.3 is 0 Å². The third kappa shape index (κ3) is 1.74. The van der Waals surface area contributed by atoms with Crippen LogP contribution in [0, 0.1) is 0 Å². The van der Waals surface area contributed by atoms with Gasteiger partial charge in [-0.3, -0.25) is 4.84 Å². The summed E-state index contributed by atoms with van der Waals surface area (Å²) in [6.45, 7) is 0. The van der Waals surface area contributed by atoms with Gasteiger partial charge in [0.15, 0.2) is 0 Å². The van der Waals surface area contributed by atoms with Crippen LogP contribution in [0.25, 0.3) is 0 Å². The van der Waals surface area contributed by atoms with Crippen LogP contribution in [-0.4, -0.2) is 12.2 Å². The Kier molecular flexibility index (Phi) is 2.89. The molecule has 1 unspecified atom stereocenters. The zero-order valence-electron chi connectivity index (χ0n) is 9.91. The molecule has 3 rings (SSSR count). The predicted molar refractivity (Wildman–Crippen MR) is 72.6 cm³/mol. The molecule has 1 aliphatic heterocycles. The van der Waals surface area contributed by atoms with Crippen molar-refractivity contribution in [1.29, 1.82) is 0 Å². The second kappa shape index (κ2) is 4.55. The Balaban J connectivity index is 2.04. The molecular weight excluding hydrogens is 246 g/mol. The van der Waals surface area contributed by atoms with E-state index in [4.69, 9.17) is 4.84 Å². The normalized spacial score (nSPS) is 17.8. The van der Waals surface area contributed by atoms with E-state index in [1.54, 1.807) is 24.9 Å². The average Bonchev–Trinajstić information content (AvgIpc) is 2.77. The molecule has 0 aliphatic carbocycles. The van der Waals surface area contributed by atoms with Crippen molar-refractivity contribution in [3.8, 4) is 5.75 Å². The Labute approximate surface area is 110 Å². The number of hydrogen-bond acceptors (Lipinski definition) is 4. The molecule has 2 aromatic rings. The molecule has 1 atom stereocenters. The fourth-order valence-corrected chi connectivity index (χ4v) is 3.41. The SMILES string of the molecule is CON1c2ccccc2SC1c1ccccc1O. The van der Waals surface area contributed by atoms with Crippen LogP contribution in [0.4, 0.5) is 5.69 Å². The lowest BCUT2D eigenvalue weighted by Crippen LogP contribution is -2.21. The summed E-state index contributed by atoms with van der Waals surface area (Å²) in [7, 11) is 1.65. The molecule has 1 N–H and O–H groups in total. The lowest BCUT2D eigenvalue weighted by molar-refractivity contribution is 0.161. The van der Waals surface area contributed by atoms with Gasteiger partial charge in [-0.25, -0.2) is 5.06 Å². The molecule has 0 aromatic heterocycles. The van der Waals surface area contributed by atoms with Gasteiger partial charge in [0, 0.05) is 10.5 Å². The molecule has 0 fully saturated rings. The van der Waals surface area contributed by atoms with Gasteiger partial charge in [-0.15, -0.1) is 0 Å². The van der Waals surface area contributed by atoms with Gasteiger partial charge in [0.25, 0.3) is 0 Å². The zero-order chi connectivity index (χ0) is 12.5. The summed E-state index contributed by atoms with van der Waals surface area (Å²) in [5, 5.41) is 11.7. The summed E-state index contributed by atoms with van der Waals surface area (Å²) < 4.78 is 0. The van der Waals surface area contributed by atoms with E-state index in [9.17, 15) is 5.11 Å². The van der Waals surface area contributed by atoms with Crippen molar-refractivity contribution in [2.45, 2.75) is 10.3 Å². The maximum absolute atomic E-state index is 9.97. The Morgan fingerprint density at radius 2 is 1.83 bits per heavy atom. The first kappa shape index (κ1) is 11.4. The lowest BCUT2D eigenvalue weighted by Gasteiger charge is -2.24. The Morgan fingerprint density at radius 3 is 2.61 bits per heavy atom. The van der Waals surface area contributed by atoms with Crippen LogP contribution < -0.4 is 5.06 Å². The Hall–Kier alpha value is -1.65. The van der Waals surface area contributed by atoms with Gasteiger partial charge < -0.3 is 5.11 Å². The summed E-state index contributed by atoms with van der Waals surface area (Å²) >= 11 is 1.68. The summed E-state index contributed by atoms with van der Waals surface area (Å²) in [4.78, 5) is 6.62. The van der Waals surface area contributed by atoms with Crippen molar-refractivity contribution < 1.29 is 9.94 Å². The Morgan fingerprint density at radius 1 is 1.11 bits per heavy atom. The molecule has 3 nitrogen and oxygen atoms in total. The minimum absolute atomic E-state index is 0.0476. The van der Waals surface area contributed by atoms with E-state index in [0.717, 1.165) is 16.1 Å². The number of phenolic OH excluding ortho intramolecular Hbond substituents is 1. The monoisotopic (exact) mass is 259 g/mol. The zero-order valence-corrected chi connectivity index (χ0v) is 10.7. The van der Waals surface area contributed by atoms with Crippen LogP contribution in [-0.2, 0) is 4.84 Å². The molecule has 0 saturated heterocycles. The molecule has 18 heavy (non-hydrogen) atoms. The maximum atomic E-state index is 9.97. The third-order valence-electron chi connectivity index (χ3n) is 2.95. The summed E-state index contributed by atoms with van der Waals surface area (Å²) in [6, 6.07) is 15.4. The van der Waals surface area contributed by atoms with Crippen molar-refractivity contribution in [3.05, 3.63) is 54.1 Å². The largest absolute Gasteiger partial charge is 0.508 e. The number of hydrogen-bond donors (Lipinski definition) is 1. The molecule has 0 bridgehead atoms. The number of phenols is 1. The number of nitrogens with zero attached hydrogens (tertiary/aromatic N) is 1. The fourth-order valence-electron chi connectivity index (χ4n) is 2.11. The first-order valence-electron chi connectivity index (χ1n) is 5.68. The van der Waals surface area contributed by atoms with E-state index in [1.807, 2.05) is 41.5 Å². The molecular formula is C14H13NO2S. The van der Waals surface area contributed by atoms with E-state index >= 15 is 0 Å². The lowest BCUT2D eigenvalue weighted by atomic mass is 10.2. The second-order valence-electron chi connectivity index (χ2n) is 4.01. The molecule has 2 aromatic carbocycles. The van der Waals surface area contributed by atoms with Crippen LogP contribution in [0.5, 0.6) is 5.75 Å². The van der Waals surface area contributed by atoms with E-state index in [-0.39, 0.29) is 5.37 Å². The number of fused-ring (bicyclic) bond motifs is 1. The minimum Gasteiger partial charge on any atom is -0.508 e. The van der Waals surface area contributed by atoms with Crippen LogP contribution in [0.1, 0.15) is 10.9 Å². The van der Waals surface area contributed by atoms with Crippen molar-refractivity contribution >= 4 is 17.4 Å². The smallest absolute Gasteiger partial charge is 0.135 e. The predicted octanol–water partition coefficient (Wildman–Crippen LogP) is 3.56. The number of hydroxylamine groups is 1. The standard InChI is InChI=1S/C14H13NO2S/c1-17-15-11-7-3-5-9-13(11)18-14(15)10-6-2-4-8-12(10)16/h2-9,14,16H,1H3.